The van der Waals surface area contributed by atoms with Crippen LogP contribution < -0.4 is 15.4 Å². The Labute approximate surface area is 179 Å². The average Bonchev–Trinajstić information content (AvgIpc) is 2.71. The van der Waals surface area contributed by atoms with Crippen molar-refractivity contribution in [2.45, 2.75) is 33.2 Å². The summed E-state index contributed by atoms with van der Waals surface area (Å²) in [5, 5.41) is 5.77. The Morgan fingerprint density at radius 3 is 2.17 bits per heavy atom. The molecule has 0 aliphatic rings. The third kappa shape index (κ3) is 7.19. The first-order valence-corrected chi connectivity index (χ1v) is 10.4. The zero-order valence-corrected chi connectivity index (χ0v) is 18.6. The molecule has 0 bridgehead atoms. The Kier molecular flexibility index (Phi) is 8.87. The van der Waals surface area contributed by atoms with Gasteiger partial charge in [-0.2, -0.15) is 0 Å². The summed E-state index contributed by atoms with van der Waals surface area (Å²) in [6.45, 7) is 7.26. The van der Waals surface area contributed by atoms with E-state index in [0.717, 1.165) is 18.7 Å². The maximum Gasteiger partial charge on any atom is 0.251 e. The van der Waals surface area contributed by atoms with Crippen molar-refractivity contribution >= 4 is 17.5 Å². The van der Waals surface area contributed by atoms with Gasteiger partial charge in [-0.25, -0.2) is 0 Å². The lowest BCUT2D eigenvalue weighted by atomic mass is 10.0. The Hall–Kier alpha value is -2.86. The smallest absolute Gasteiger partial charge is 0.251 e. The van der Waals surface area contributed by atoms with E-state index in [1.807, 2.05) is 59.1 Å². The molecule has 1 atom stereocenters. The largest absolute Gasteiger partial charge is 0.494 e. The van der Waals surface area contributed by atoms with Crippen molar-refractivity contribution in [1.29, 1.82) is 0 Å². The SMILES string of the molecule is CCOc1ccc(C(=O)NC(C(=O)Nc2ccc(CCN(C)C)cc2)C(C)C)cc1. The molecule has 2 amide bonds. The van der Waals surface area contributed by atoms with Gasteiger partial charge in [0.25, 0.3) is 5.91 Å². The van der Waals surface area contributed by atoms with Crippen molar-refractivity contribution in [3.63, 3.8) is 0 Å². The van der Waals surface area contributed by atoms with Crippen LogP contribution in [0.3, 0.4) is 0 Å². The molecule has 0 aliphatic carbocycles. The molecule has 2 N–H and O–H groups in total. The number of nitrogens with one attached hydrogen (secondary N) is 2. The standard InChI is InChI=1S/C24H33N3O3/c1-6-30-21-13-9-19(10-14-21)23(28)26-22(17(2)3)24(29)25-20-11-7-18(8-12-20)15-16-27(4)5/h7-14,17,22H,6,15-16H2,1-5H3,(H,25,29)(H,26,28). The summed E-state index contributed by atoms with van der Waals surface area (Å²) in [4.78, 5) is 27.6. The van der Waals surface area contributed by atoms with Gasteiger partial charge in [0, 0.05) is 17.8 Å². The first kappa shape index (κ1) is 23.4. The molecular weight excluding hydrogens is 378 g/mol. The molecule has 6 nitrogen and oxygen atoms in total. The average molecular weight is 412 g/mol. The Balaban J connectivity index is 1.99. The fourth-order valence-electron chi connectivity index (χ4n) is 2.96. The highest BCUT2D eigenvalue weighted by atomic mass is 16.5. The van der Waals surface area contributed by atoms with E-state index in [0.29, 0.717) is 17.9 Å². The molecule has 0 radical (unpaired) electrons. The fourth-order valence-corrected chi connectivity index (χ4v) is 2.96. The number of likely N-dealkylation sites (N-methyl/N-ethyl adjacent to an activating group) is 1. The number of carbonyl (C=O) groups excluding carboxylic acids is 2. The van der Waals surface area contributed by atoms with Crippen LogP contribution in [0.5, 0.6) is 5.75 Å². The minimum Gasteiger partial charge on any atom is -0.494 e. The predicted molar refractivity (Wildman–Crippen MR) is 121 cm³/mol. The Bertz CT molecular complexity index is 815. The normalized spacial score (nSPS) is 12.0. The summed E-state index contributed by atoms with van der Waals surface area (Å²) in [5.41, 5.74) is 2.42. The number of carbonyl (C=O) groups is 2. The quantitative estimate of drug-likeness (QED) is 0.627. The Morgan fingerprint density at radius 1 is 1.00 bits per heavy atom. The van der Waals surface area contributed by atoms with Gasteiger partial charge in [-0.3, -0.25) is 9.59 Å². The van der Waals surface area contributed by atoms with Gasteiger partial charge in [0.1, 0.15) is 11.8 Å². The van der Waals surface area contributed by atoms with Gasteiger partial charge in [-0.15, -0.1) is 0 Å². The minimum absolute atomic E-state index is 0.0592. The van der Waals surface area contributed by atoms with Gasteiger partial charge in [0.15, 0.2) is 0 Å². The van der Waals surface area contributed by atoms with Crippen LogP contribution in [0.1, 0.15) is 36.7 Å². The number of amides is 2. The number of nitrogens with zero attached hydrogens (tertiary/aromatic N) is 1. The highest BCUT2D eigenvalue weighted by molar-refractivity contribution is 6.01. The van der Waals surface area contributed by atoms with E-state index < -0.39 is 6.04 Å². The van der Waals surface area contributed by atoms with E-state index in [1.165, 1.54) is 5.56 Å². The third-order valence-corrected chi connectivity index (χ3v) is 4.73. The van der Waals surface area contributed by atoms with Crippen LogP contribution in [0.2, 0.25) is 0 Å². The topological polar surface area (TPSA) is 70.7 Å². The molecule has 2 rings (SSSR count). The van der Waals surface area contributed by atoms with Crippen molar-refractivity contribution in [2.75, 3.05) is 32.6 Å². The molecule has 0 fully saturated rings. The third-order valence-electron chi connectivity index (χ3n) is 4.73. The number of benzene rings is 2. The maximum atomic E-state index is 12.8. The molecule has 0 saturated heterocycles. The van der Waals surface area contributed by atoms with Crippen LogP contribution in [0.25, 0.3) is 0 Å². The van der Waals surface area contributed by atoms with E-state index in [2.05, 4.69) is 15.5 Å². The number of rotatable bonds is 10. The molecule has 0 aromatic heterocycles. The van der Waals surface area contributed by atoms with Crippen molar-refractivity contribution in [2.24, 2.45) is 5.92 Å². The molecule has 2 aromatic rings. The molecule has 2 aromatic carbocycles. The molecule has 1 unspecified atom stereocenters. The lowest BCUT2D eigenvalue weighted by molar-refractivity contribution is -0.118. The van der Waals surface area contributed by atoms with Gasteiger partial charge in [0.2, 0.25) is 5.91 Å². The molecule has 30 heavy (non-hydrogen) atoms. The summed E-state index contributed by atoms with van der Waals surface area (Å²) in [5.74, 6) is 0.133. The zero-order chi connectivity index (χ0) is 22.1. The van der Waals surface area contributed by atoms with Crippen molar-refractivity contribution < 1.29 is 14.3 Å². The highest BCUT2D eigenvalue weighted by Gasteiger charge is 2.24. The molecule has 0 aliphatic heterocycles. The van der Waals surface area contributed by atoms with Crippen LogP contribution in [0, 0.1) is 5.92 Å². The summed E-state index contributed by atoms with van der Waals surface area (Å²) in [7, 11) is 4.09. The lowest BCUT2D eigenvalue weighted by Crippen LogP contribution is -2.47. The number of ether oxygens (including phenoxy) is 1. The predicted octanol–water partition coefficient (Wildman–Crippen LogP) is 3.58. The summed E-state index contributed by atoms with van der Waals surface area (Å²) < 4.78 is 5.40. The van der Waals surface area contributed by atoms with Crippen LogP contribution >= 0.6 is 0 Å². The van der Waals surface area contributed by atoms with Crippen LogP contribution in [0.4, 0.5) is 5.69 Å². The summed E-state index contributed by atoms with van der Waals surface area (Å²) in [6, 6.07) is 14.1. The second kappa shape index (κ2) is 11.4. The fraction of sp³-hybridized carbons (Fsp3) is 0.417. The molecule has 0 spiro atoms. The first-order valence-electron chi connectivity index (χ1n) is 10.4. The molecule has 0 saturated carbocycles. The number of anilines is 1. The second-order valence-corrected chi connectivity index (χ2v) is 7.89. The van der Waals surface area contributed by atoms with E-state index in [9.17, 15) is 9.59 Å². The molecular formula is C24H33N3O3. The minimum atomic E-state index is -0.641. The van der Waals surface area contributed by atoms with E-state index >= 15 is 0 Å². The van der Waals surface area contributed by atoms with Crippen molar-refractivity contribution in [3.8, 4) is 5.75 Å². The Morgan fingerprint density at radius 2 is 1.63 bits per heavy atom. The molecule has 6 heteroatoms. The maximum absolute atomic E-state index is 12.8. The van der Waals surface area contributed by atoms with Crippen LogP contribution in [0.15, 0.2) is 48.5 Å². The van der Waals surface area contributed by atoms with Crippen molar-refractivity contribution in [3.05, 3.63) is 59.7 Å². The highest BCUT2D eigenvalue weighted by Crippen LogP contribution is 2.15. The second-order valence-electron chi connectivity index (χ2n) is 7.89. The van der Waals surface area contributed by atoms with Gasteiger partial charge in [-0.1, -0.05) is 26.0 Å². The monoisotopic (exact) mass is 411 g/mol. The van der Waals surface area contributed by atoms with E-state index in [1.54, 1.807) is 24.3 Å². The van der Waals surface area contributed by atoms with E-state index in [4.69, 9.17) is 4.74 Å². The van der Waals surface area contributed by atoms with Gasteiger partial charge >= 0.3 is 0 Å². The van der Waals surface area contributed by atoms with E-state index in [-0.39, 0.29) is 17.7 Å². The molecule has 0 heterocycles. The van der Waals surface area contributed by atoms with Crippen LogP contribution in [-0.2, 0) is 11.2 Å². The number of hydrogen-bond donors (Lipinski definition) is 2. The molecule has 162 valence electrons. The van der Waals surface area contributed by atoms with Gasteiger partial charge in [-0.05, 0) is 75.3 Å². The summed E-state index contributed by atoms with van der Waals surface area (Å²) >= 11 is 0. The van der Waals surface area contributed by atoms with Gasteiger partial charge < -0.3 is 20.3 Å². The summed E-state index contributed by atoms with van der Waals surface area (Å²) in [6.07, 6.45) is 0.952. The first-order chi connectivity index (χ1) is 14.3. The zero-order valence-electron chi connectivity index (χ0n) is 18.6. The lowest BCUT2D eigenvalue weighted by Gasteiger charge is -2.22. The van der Waals surface area contributed by atoms with Crippen LogP contribution in [-0.4, -0.2) is 50.0 Å². The van der Waals surface area contributed by atoms with Crippen molar-refractivity contribution in [1.82, 2.24) is 10.2 Å². The van der Waals surface area contributed by atoms with Gasteiger partial charge in [0.05, 0.1) is 6.61 Å². The number of hydrogen-bond acceptors (Lipinski definition) is 4.